The van der Waals surface area contributed by atoms with Crippen LogP contribution in [0.15, 0.2) is 108 Å². The Bertz CT molecular complexity index is 1720. The minimum atomic E-state index is -0.242. The summed E-state index contributed by atoms with van der Waals surface area (Å²) in [6.45, 7) is 0.692. The maximum Gasteiger partial charge on any atom is 0.284 e. The molecule has 194 valence electrons. The van der Waals surface area contributed by atoms with Crippen molar-refractivity contribution in [2.24, 2.45) is 0 Å². The van der Waals surface area contributed by atoms with Crippen molar-refractivity contribution in [2.45, 2.75) is 12.8 Å². The smallest absolute Gasteiger partial charge is 0.284 e. The van der Waals surface area contributed by atoms with Crippen LogP contribution in [0, 0.1) is 0 Å². The molecule has 0 saturated carbocycles. The van der Waals surface area contributed by atoms with Crippen LogP contribution < -0.4 is 20.9 Å². The first kappa shape index (κ1) is 24.2. The fourth-order valence-electron chi connectivity index (χ4n) is 4.79. The Morgan fingerprint density at radius 3 is 2.64 bits per heavy atom. The third-order valence-electron chi connectivity index (χ3n) is 6.68. The summed E-state index contributed by atoms with van der Waals surface area (Å²) < 4.78 is 6.81. The van der Waals surface area contributed by atoms with E-state index in [2.05, 4.69) is 38.8 Å². The number of dihydropyridines is 1. The maximum absolute atomic E-state index is 14.2. The number of rotatable bonds is 6. The molecule has 4 heterocycles. The standard InChI is InChI=1S/C31H28N6O2/c1-39-23-17-15-22(16-18-23)27-29(34-25-14-8-10-20-33-25)35-30-26(21-11-5-3-2-4-6-12-21)28(36-37(30)31(27)38)24-13-7-9-19-32-24/h2-5,7-10,12-19,33-35H,6,11,20H2,1H3/b4-2?,5-3-,21-12+. The van der Waals surface area contributed by atoms with Gasteiger partial charge >= 0.3 is 0 Å². The largest absolute Gasteiger partial charge is 0.497 e. The normalized spacial score (nSPS) is 16.9. The number of fused-ring (bicyclic) bond motifs is 1. The number of aromatic amines is 1. The molecular weight excluding hydrogens is 488 g/mol. The van der Waals surface area contributed by atoms with Gasteiger partial charge in [-0.25, -0.2) is 0 Å². The van der Waals surface area contributed by atoms with E-state index in [1.54, 1.807) is 13.3 Å². The van der Waals surface area contributed by atoms with E-state index in [1.807, 2.05) is 72.8 Å². The predicted molar refractivity (Wildman–Crippen MR) is 155 cm³/mol. The molecule has 8 nitrogen and oxygen atoms in total. The summed E-state index contributed by atoms with van der Waals surface area (Å²) in [6.07, 6.45) is 19.7. The van der Waals surface area contributed by atoms with Crippen molar-refractivity contribution in [1.82, 2.24) is 24.9 Å². The highest BCUT2D eigenvalue weighted by Gasteiger charge is 2.24. The summed E-state index contributed by atoms with van der Waals surface area (Å²) in [5.74, 6) is 2.07. The van der Waals surface area contributed by atoms with Crippen molar-refractivity contribution in [3.05, 3.63) is 119 Å². The van der Waals surface area contributed by atoms with Crippen molar-refractivity contribution >= 4 is 17.0 Å². The number of nitrogens with one attached hydrogen (secondary N) is 3. The van der Waals surface area contributed by atoms with Crippen LogP contribution in [0.1, 0.15) is 18.4 Å². The highest BCUT2D eigenvalue weighted by atomic mass is 16.5. The minimum Gasteiger partial charge on any atom is -0.497 e. The van der Waals surface area contributed by atoms with Crippen LogP contribution in [0.3, 0.4) is 0 Å². The van der Waals surface area contributed by atoms with E-state index in [0.717, 1.165) is 28.9 Å². The van der Waals surface area contributed by atoms with Gasteiger partial charge in [-0.2, -0.15) is 9.61 Å². The molecule has 0 spiro atoms. The summed E-state index contributed by atoms with van der Waals surface area (Å²) in [5, 5.41) is 11.6. The molecule has 39 heavy (non-hydrogen) atoms. The van der Waals surface area contributed by atoms with Gasteiger partial charge in [-0.05, 0) is 54.3 Å². The van der Waals surface area contributed by atoms with Crippen molar-refractivity contribution in [1.29, 1.82) is 0 Å². The average Bonchev–Trinajstić information content (AvgIpc) is 3.34. The molecule has 6 rings (SSSR count). The maximum atomic E-state index is 14.2. The molecule has 8 heteroatoms. The summed E-state index contributed by atoms with van der Waals surface area (Å²) >= 11 is 0. The average molecular weight is 517 g/mol. The lowest BCUT2D eigenvalue weighted by Crippen LogP contribution is -2.25. The number of pyridine rings is 1. The highest BCUT2D eigenvalue weighted by molar-refractivity contribution is 5.89. The van der Waals surface area contributed by atoms with Crippen LogP contribution in [0.4, 0.5) is 5.82 Å². The monoisotopic (exact) mass is 516 g/mol. The van der Waals surface area contributed by atoms with Crippen molar-refractivity contribution in [2.75, 3.05) is 19.0 Å². The molecule has 0 fully saturated rings. The third-order valence-corrected chi connectivity index (χ3v) is 6.68. The van der Waals surface area contributed by atoms with Gasteiger partial charge in [0.25, 0.3) is 5.56 Å². The minimum absolute atomic E-state index is 0.242. The van der Waals surface area contributed by atoms with Gasteiger partial charge in [0.2, 0.25) is 0 Å². The number of hydrogen-bond donors (Lipinski definition) is 3. The second kappa shape index (κ2) is 10.7. The molecule has 2 aliphatic rings. The topological polar surface area (TPSA) is 96.3 Å². The third kappa shape index (κ3) is 4.80. The van der Waals surface area contributed by atoms with Gasteiger partial charge in [-0.15, -0.1) is 0 Å². The summed E-state index contributed by atoms with van der Waals surface area (Å²) in [7, 11) is 1.62. The number of anilines is 1. The highest BCUT2D eigenvalue weighted by Crippen LogP contribution is 2.35. The molecule has 3 N–H and O–H groups in total. The van der Waals surface area contributed by atoms with Crippen LogP contribution in [0.25, 0.3) is 33.7 Å². The molecule has 1 aliphatic heterocycles. The van der Waals surface area contributed by atoms with Crippen LogP contribution in [-0.4, -0.2) is 33.2 Å². The number of H-pyrrole nitrogens is 1. The second-order valence-electron chi connectivity index (χ2n) is 9.15. The Balaban J connectivity index is 1.64. The molecule has 0 amide bonds. The van der Waals surface area contributed by atoms with Crippen molar-refractivity contribution < 1.29 is 4.74 Å². The van der Waals surface area contributed by atoms with Crippen LogP contribution in [-0.2, 0) is 0 Å². The zero-order valence-corrected chi connectivity index (χ0v) is 21.5. The van der Waals surface area contributed by atoms with Gasteiger partial charge in [-0.1, -0.05) is 60.7 Å². The molecule has 3 aromatic heterocycles. The SMILES string of the molecule is COc1ccc(-c2c(NC3=CC=CCN3)[nH]c3c(/C4=C/CC=C/C=C\C4)c(-c4ccccn4)nn3c2=O)cc1. The zero-order chi connectivity index (χ0) is 26.6. The van der Waals surface area contributed by atoms with Crippen LogP contribution in [0.5, 0.6) is 5.75 Å². The number of aromatic nitrogens is 4. The van der Waals surface area contributed by atoms with Gasteiger partial charge in [0.15, 0.2) is 0 Å². The molecule has 0 atom stereocenters. The number of methoxy groups -OCH3 is 1. The van der Waals surface area contributed by atoms with Crippen molar-refractivity contribution in [3.63, 3.8) is 0 Å². The van der Waals surface area contributed by atoms with Gasteiger partial charge in [-0.3, -0.25) is 9.78 Å². The Hall–Kier alpha value is -5.11. The van der Waals surface area contributed by atoms with E-state index in [0.29, 0.717) is 47.1 Å². The van der Waals surface area contributed by atoms with Gasteiger partial charge in [0.05, 0.1) is 23.9 Å². The Kier molecular flexibility index (Phi) is 6.66. The van der Waals surface area contributed by atoms with Gasteiger partial charge in [0, 0.05) is 12.7 Å². The lowest BCUT2D eigenvalue weighted by atomic mass is 9.98. The molecular formula is C31H28N6O2. The van der Waals surface area contributed by atoms with Gasteiger partial charge in [0.1, 0.15) is 28.7 Å². The first-order chi connectivity index (χ1) is 19.2. The van der Waals surface area contributed by atoms with E-state index in [9.17, 15) is 4.79 Å². The number of hydrogen-bond acceptors (Lipinski definition) is 6. The molecule has 0 radical (unpaired) electrons. The molecule has 1 aliphatic carbocycles. The Labute approximate surface area is 225 Å². The van der Waals surface area contributed by atoms with E-state index in [4.69, 9.17) is 9.84 Å². The fraction of sp³-hybridized carbons (Fsp3) is 0.129. The molecule has 0 saturated heterocycles. The number of benzene rings is 1. The lowest BCUT2D eigenvalue weighted by molar-refractivity contribution is 0.415. The van der Waals surface area contributed by atoms with Crippen LogP contribution in [0.2, 0.25) is 0 Å². The number of allylic oxidation sites excluding steroid dienone is 8. The number of ether oxygens (including phenoxy) is 1. The number of nitrogens with zero attached hydrogens (tertiary/aromatic N) is 3. The Morgan fingerprint density at radius 2 is 1.87 bits per heavy atom. The zero-order valence-electron chi connectivity index (χ0n) is 21.5. The summed E-state index contributed by atoms with van der Waals surface area (Å²) in [6, 6.07) is 13.2. The van der Waals surface area contributed by atoms with E-state index in [1.165, 1.54) is 4.52 Å². The van der Waals surface area contributed by atoms with Crippen LogP contribution >= 0.6 is 0 Å². The van der Waals surface area contributed by atoms with E-state index in [-0.39, 0.29) is 5.56 Å². The molecule has 0 bridgehead atoms. The molecule has 4 aromatic rings. The second-order valence-corrected chi connectivity index (χ2v) is 9.15. The Morgan fingerprint density at radius 1 is 1.00 bits per heavy atom. The quantitative estimate of drug-likeness (QED) is 0.315. The van der Waals surface area contributed by atoms with E-state index < -0.39 is 0 Å². The predicted octanol–water partition coefficient (Wildman–Crippen LogP) is 5.46. The molecule has 0 unspecified atom stereocenters. The summed E-state index contributed by atoms with van der Waals surface area (Å²) in [5.41, 5.74) is 4.87. The lowest BCUT2D eigenvalue weighted by Gasteiger charge is -2.18. The van der Waals surface area contributed by atoms with Crippen molar-refractivity contribution in [3.8, 4) is 28.3 Å². The summed E-state index contributed by atoms with van der Waals surface area (Å²) in [4.78, 5) is 22.4. The first-order valence-electron chi connectivity index (χ1n) is 12.9. The van der Waals surface area contributed by atoms with Gasteiger partial charge < -0.3 is 20.4 Å². The fourth-order valence-corrected chi connectivity index (χ4v) is 4.79. The van der Waals surface area contributed by atoms with E-state index >= 15 is 0 Å². The first-order valence-corrected chi connectivity index (χ1v) is 12.9. The molecule has 1 aromatic carbocycles.